The van der Waals surface area contributed by atoms with Gasteiger partial charge in [0, 0.05) is 32.3 Å². The predicted octanol–water partition coefficient (Wildman–Crippen LogP) is 0.785. The van der Waals surface area contributed by atoms with Crippen molar-refractivity contribution < 1.29 is 28.7 Å². The van der Waals surface area contributed by atoms with Gasteiger partial charge in [-0.05, 0) is 23.8 Å². The minimum Gasteiger partial charge on any atom is -0.466 e. The summed E-state index contributed by atoms with van der Waals surface area (Å²) < 4.78 is 10.4. The number of nitrogens with zero attached hydrogens (tertiary/aromatic N) is 1. The van der Waals surface area contributed by atoms with E-state index in [4.69, 9.17) is 14.4 Å². The number of benzene rings is 1. The Bertz CT molecular complexity index is 799. The summed E-state index contributed by atoms with van der Waals surface area (Å²) in [6.07, 6.45) is 1.59. The highest BCUT2D eigenvalue weighted by molar-refractivity contribution is 6.08. The normalized spacial score (nSPS) is 11.6. The van der Waals surface area contributed by atoms with Crippen LogP contribution in [0.15, 0.2) is 41.0 Å². The molecule has 27 heavy (non-hydrogen) atoms. The first-order valence-electron chi connectivity index (χ1n) is 8.02. The molecular formula is C18H21N3O6. The van der Waals surface area contributed by atoms with Gasteiger partial charge in [0.15, 0.2) is 6.04 Å². The second kappa shape index (κ2) is 8.97. The fraction of sp³-hybridized carbons (Fsp3) is 0.278. The molecule has 0 aliphatic heterocycles. The molecule has 0 saturated heterocycles. The summed E-state index contributed by atoms with van der Waals surface area (Å²) in [5, 5.41) is 11.1. The lowest BCUT2D eigenvalue weighted by molar-refractivity contribution is -0.140. The van der Waals surface area contributed by atoms with Crippen molar-refractivity contribution in [3.63, 3.8) is 0 Å². The number of carbonyl (C=O) groups is 3. The molecule has 3 N–H and O–H groups in total. The number of hydrogen-bond acceptors (Lipinski definition) is 6. The van der Waals surface area contributed by atoms with Gasteiger partial charge in [-0.1, -0.05) is 12.1 Å². The molecule has 9 heteroatoms. The fourth-order valence-electron chi connectivity index (χ4n) is 2.54. The first-order chi connectivity index (χ1) is 12.9. The number of rotatable bonds is 7. The Balaban J connectivity index is 2.20. The number of carbonyl (C=O) groups excluding carboxylic acids is 3. The maximum Gasteiger partial charge on any atom is 0.275 e. The Morgan fingerprint density at radius 2 is 1.85 bits per heavy atom. The number of ether oxygens (including phenoxy) is 1. The minimum absolute atomic E-state index is 0.279. The van der Waals surface area contributed by atoms with Crippen molar-refractivity contribution in [1.82, 2.24) is 15.7 Å². The van der Waals surface area contributed by atoms with Crippen molar-refractivity contribution >= 4 is 17.7 Å². The molecular weight excluding hydrogens is 354 g/mol. The number of methoxy groups -OCH3 is 1. The van der Waals surface area contributed by atoms with E-state index >= 15 is 0 Å². The third-order valence-electron chi connectivity index (χ3n) is 3.97. The highest BCUT2D eigenvalue weighted by Gasteiger charge is 2.33. The topological polar surface area (TPSA) is 121 Å². The average molecular weight is 375 g/mol. The summed E-state index contributed by atoms with van der Waals surface area (Å²) in [5.41, 5.74) is 3.34. The van der Waals surface area contributed by atoms with Gasteiger partial charge in [-0.2, -0.15) is 0 Å². The van der Waals surface area contributed by atoms with E-state index in [1.807, 2.05) is 6.07 Å². The van der Waals surface area contributed by atoms with Crippen LogP contribution in [0.25, 0.3) is 11.1 Å². The SMILES string of the molecule is CNC(=O)C(C(=O)NO)N(C)C(=O)c1ccc(-c2coc(COC)c2)cc1. The molecule has 1 aromatic heterocycles. The minimum atomic E-state index is -1.50. The zero-order valence-corrected chi connectivity index (χ0v) is 15.2. The van der Waals surface area contributed by atoms with Gasteiger partial charge in [-0.15, -0.1) is 0 Å². The third kappa shape index (κ3) is 4.52. The highest BCUT2D eigenvalue weighted by Crippen LogP contribution is 2.23. The number of hydroxylamine groups is 1. The van der Waals surface area contributed by atoms with Crippen LogP contribution >= 0.6 is 0 Å². The second-order valence-electron chi connectivity index (χ2n) is 5.72. The van der Waals surface area contributed by atoms with E-state index in [0.717, 1.165) is 16.0 Å². The summed E-state index contributed by atoms with van der Waals surface area (Å²) in [7, 11) is 4.20. The van der Waals surface area contributed by atoms with Crippen LogP contribution in [0.2, 0.25) is 0 Å². The predicted molar refractivity (Wildman–Crippen MR) is 94.7 cm³/mol. The maximum absolute atomic E-state index is 12.6. The van der Waals surface area contributed by atoms with E-state index in [-0.39, 0.29) is 5.56 Å². The fourth-order valence-corrected chi connectivity index (χ4v) is 2.54. The lowest BCUT2D eigenvalue weighted by atomic mass is 10.1. The molecule has 1 unspecified atom stereocenters. The molecule has 0 bridgehead atoms. The average Bonchev–Trinajstić information content (AvgIpc) is 3.16. The molecule has 0 aliphatic carbocycles. The highest BCUT2D eigenvalue weighted by atomic mass is 16.5. The van der Waals surface area contributed by atoms with Gasteiger partial charge in [0.25, 0.3) is 17.7 Å². The van der Waals surface area contributed by atoms with E-state index in [1.165, 1.54) is 19.6 Å². The molecule has 1 atom stereocenters. The summed E-state index contributed by atoms with van der Waals surface area (Å²) in [5.74, 6) is -1.61. The van der Waals surface area contributed by atoms with Crippen LogP contribution in [0.3, 0.4) is 0 Å². The summed E-state index contributed by atoms with van der Waals surface area (Å²) in [4.78, 5) is 37.2. The number of likely N-dealkylation sites (N-methyl/N-ethyl adjacent to an activating group) is 2. The summed E-state index contributed by atoms with van der Waals surface area (Å²) in [6, 6.07) is 6.94. The van der Waals surface area contributed by atoms with Gasteiger partial charge >= 0.3 is 0 Å². The van der Waals surface area contributed by atoms with Crippen molar-refractivity contribution in [2.75, 3.05) is 21.2 Å². The van der Waals surface area contributed by atoms with E-state index in [0.29, 0.717) is 12.4 Å². The van der Waals surface area contributed by atoms with Crippen LogP contribution in [-0.4, -0.2) is 55.1 Å². The van der Waals surface area contributed by atoms with Crippen LogP contribution in [-0.2, 0) is 20.9 Å². The quantitative estimate of drug-likeness (QED) is 0.374. The molecule has 144 valence electrons. The molecule has 3 amide bonds. The number of amides is 3. The smallest absolute Gasteiger partial charge is 0.275 e. The third-order valence-corrected chi connectivity index (χ3v) is 3.97. The van der Waals surface area contributed by atoms with E-state index in [9.17, 15) is 14.4 Å². The molecule has 2 aromatic rings. The number of hydrogen-bond donors (Lipinski definition) is 3. The van der Waals surface area contributed by atoms with Crippen molar-refractivity contribution in [3.8, 4) is 11.1 Å². The second-order valence-corrected chi connectivity index (χ2v) is 5.72. The molecule has 2 rings (SSSR count). The Morgan fingerprint density at radius 3 is 2.41 bits per heavy atom. The molecule has 9 nitrogen and oxygen atoms in total. The van der Waals surface area contributed by atoms with Gasteiger partial charge < -0.3 is 19.4 Å². The maximum atomic E-state index is 12.6. The van der Waals surface area contributed by atoms with Crippen LogP contribution in [0.4, 0.5) is 0 Å². The molecule has 0 spiro atoms. The van der Waals surface area contributed by atoms with Gasteiger partial charge in [0.2, 0.25) is 0 Å². The first-order valence-corrected chi connectivity index (χ1v) is 8.02. The van der Waals surface area contributed by atoms with Crippen LogP contribution in [0.5, 0.6) is 0 Å². The molecule has 0 aliphatic rings. The lowest BCUT2D eigenvalue weighted by Crippen LogP contribution is -2.54. The Kier molecular flexibility index (Phi) is 6.69. The van der Waals surface area contributed by atoms with Crippen molar-refractivity contribution in [3.05, 3.63) is 47.9 Å². The molecule has 1 heterocycles. The van der Waals surface area contributed by atoms with Crippen LogP contribution < -0.4 is 10.8 Å². The van der Waals surface area contributed by atoms with E-state index < -0.39 is 23.8 Å². The van der Waals surface area contributed by atoms with E-state index in [2.05, 4.69) is 5.32 Å². The van der Waals surface area contributed by atoms with Gasteiger partial charge in [0.05, 0.1) is 6.26 Å². The van der Waals surface area contributed by atoms with Crippen molar-refractivity contribution in [1.29, 1.82) is 0 Å². The molecule has 1 aromatic carbocycles. The molecule has 0 saturated carbocycles. The summed E-state index contributed by atoms with van der Waals surface area (Å²) >= 11 is 0. The van der Waals surface area contributed by atoms with Crippen LogP contribution in [0.1, 0.15) is 16.1 Å². The molecule has 0 radical (unpaired) electrons. The Hall–Kier alpha value is -3.17. The largest absolute Gasteiger partial charge is 0.466 e. The van der Waals surface area contributed by atoms with Crippen molar-refractivity contribution in [2.24, 2.45) is 0 Å². The zero-order valence-electron chi connectivity index (χ0n) is 15.2. The molecule has 0 fully saturated rings. The van der Waals surface area contributed by atoms with Gasteiger partial charge in [0.1, 0.15) is 12.4 Å². The number of nitrogens with one attached hydrogen (secondary N) is 2. The zero-order chi connectivity index (χ0) is 20.0. The van der Waals surface area contributed by atoms with Crippen molar-refractivity contribution in [2.45, 2.75) is 12.6 Å². The Labute approximate surface area is 155 Å². The van der Waals surface area contributed by atoms with Crippen LogP contribution in [0, 0.1) is 0 Å². The standard InChI is InChI=1S/C18H21N3O6/c1-19-16(22)15(17(23)20-25)21(2)18(24)12-6-4-11(5-7-12)13-8-14(10-26-3)27-9-13/h4-9,15,25H,10H2,1-3H3,(H,19,22)(H,20,23). The lowest BCUT2D eigenvalue weighted by Gasteiger charge is -2.25. The Morgan fingerprint density at radius 1 is 1.19 bits per heavy atom. The van der Waals surface area contributed by atoms with Gasteiger partial charge in [-0.3, -0.25) is 19.6 Å². The monoisotopic (exact) mass is 375 g/mol. The van der Waals surface area contributed by atoms with Gasteiger partial charge in [-0.25, -0.2) is 5.48 Å². The summed E-state index contributed by atoms with van der Waals surface area (Å²) in [6.45, 7) is 0.356. The first kappa shape index (κ1) is 20.1. The van der Waals surface area contributed by atoms with E-state index in [1.54, 1.807) is 37.6 Å². The number of furan rings is 1.